The molecule has 20 heavy (non-hydrogen) atoms. The van der Waals surface area contributed by atoms with Gasteiger partial charge in [0.1, 0.15) is 0 Å². The summed E-state index contributed by atoms with van der Waals surface area (Å²) in [5, 5.41) is 0. The Labute approximate surface area is 126 Å². The van der Waals surface area contributed by atoms with E-state index >= 15 is 0 Å². The molecule has 1 rings (SSSR count). The average molecular weight is 318 g/mol. The van der Waals surface area contributed by atoms with Crippen molar-refractivity contribution in [3.63, 3.8) is 0 Å². The Morgan fingerprint density at radius 3 is 2.25 bits per heavy atom. The molecule has 0 radical (unpaired) electrons. The fourth-order valence-electron chi connectivity index (χ4n) is 3.27. The van der Waals surface area contributed by atoms with Crippen molar-refractivity contribution in [3.8, 4) is 0 Å². The summed E-state index contributed by atoms with van der Waals surface area (Å²) in [5.41, 5.74) is 0.749. The summed E-state index contributed by atoms with van der Waals surface area (Å²) in [6.07, 6.45) is 3.17. The molecule has 0 N–H and O–H groups in total. The van der Waals surface area contributed by atoms with Gasteiger partial charge in [0.15, 0.2) is 0 Å². The summed E-state index contributed by atoms with van der Waals surface area (Å²) in [7, 11) is -0.620. The van der Waals surface area contributed by atoms with Crippen molar-refractivity contribution in [1.29, 1.82) is 0 Å². The molecule has 1 saturated carbocycles. The van der Waals surface area contributed by atoms with Crippen LogP contribution in [-0.2, 0) is 0 Å². The molecule has 1 aliphatic carbocycles. The third-order valence-electron chi connectivity index (χ3n) is 5.10. The Hall–Kier alpha value is -0.166. The highest BCUT2D eigenvalue weighted by Crippen LogP contribution is 2.41. The molecule has 1 amide bonds. The molecule has 0 aromatic carbocycles. The molecule has 0 aromatic rings. The van der Waals surface area contributed by atoms with Gasteiger partial charge in [-0.25, -0.2) is 4.79 Å². The first-order valence-electron chi connectivity index (χ1n) is 7.95. The second-order valence-corrected chi connectivity index (χ2v) is 19.3. The van der Waals surface area contributed by atoms with Gasteiger partial charge in [0, 0.05) is 21.2 Å². The third-order valence-corrected chi connectivity index (χ3v) is 11.6. The predicted octanol–water partition coefficient (Wildman–Crippen LogP) is 5.37. The van der Waals surface area contributed by atoms with Crippen molar-refractivity contribution >= 4 is 22.3 Å². The molecular weight excluding hydrogens is 285 g/mol. The Morgan fingerprint density at radius 2 is 1.75 bits per heavy atom. The van der Waals surface area contributed by atoms with E-state index in [0.717, 1.165) is 24.8 Å². The molecular formula is C15H32FNOSi2. The zero-order valence-corrected chi connectivity index (χ0v) is 16.1. The molecule has 0 aromatic heterocycles. The molecule has 0 aliphatic heterocycles. The first kappa shape index (κ1) is 17.9. The normalized spacial score (nSPS) is 24.6. The van der Waals surface area contributed by atoms with Gasteiger partial charge in [0.2, 0.25) is 0 Å². The zero-order valence-electron chi connectivity index (χ0n) is 14.1. The number of carbonyl (C=O) groups excluding carboxylic acids is 1. The van der Waals surface area contributed by atoms with E-state index in [2.05, 4.69) is 32.7 Å². The first-order valence-corrected chi connectivity index (χ1v) is 14.9. The monoisotopic (exact) mass is 317 g/mol. The molecule has 2 nitrogen and oxygen atoms in total. The molecule has 0 bridgehead atoms. The highest BCUT2D eigenvalue weighted by atomic mass is 28.3. The van der Waals surface area contributed by atoms with Crippen molar-refractivity contribution in [2.45, 2.75) is 82.1 Å². The zero-order chi connectivity index (χ0) is 15.6. The maximum Gasteiger partial charge on any atom is 0.400 e. The topological polar surface area (TPSA) is 20.3 Å². The molecule has 1 fully saturated rings. The van der Waals surface area contributed by atoms with Gasteiger partial charge in [0.25, 0.3) is 0 Å². The fraction of sp³-hybridized carbons (Fsp3) is 0.933. The van der Waals surface area contributed by atoms with Crippen LogP contribution < -0.4 is 0 Å². The average Bonchev–Trinajstić information content (AvgIpc) is 2.35. The van der Waals surface area contributed by atoms with Crippen LogP contribution in [0.15, 0.2) is 0 Å². The van der Waals surface area contributed by atoms with Crippen LogP contribution >= 0.6 is 0 Å². The van der Waals surface area contributed by atoms with E-state index in [1.807, 2.05) is 0 Å². The van der Waals surface area contributed by atoms with E-state index in [0.29, 0.717) is 0 Å². The third kappa shape index (κ3) is 5.32. The van der Waals surface area contributed by atoms with Crippen molar-refractivity contribution in [3.05, 3.63) is 0 Å². The van der Waals surface area contributed by atoms with Gasteiger partial charge in [-0.3, -0.25) is 0 Å². The lowest BCUT2D eigenvalue weighted by Crippen LogP contribution is -2.43. The molecule has 2 atom stereocenters. The van der Waals surface area contributed by atoms with E-state index in [4.69, 9.17) is 0 Å². The standard InChI is InChI=1S/C15H32FNOSi2/c1-17(15(16)18)13-8-7-9-14(12-13)20(5,6)11-10-19(2,3)4/h13-14H,7-12H2,1-6H3. The quantitative estimate of drug-likeness (QED) is 0.379. The van der Waals surface area contributed by atoms with E-state index in [9.17, 15) is 9.18 Å². The van der Waals surface area contributed by atoms with Gasteiger partial charge >= 0.3 is 6.16 Å². The minimum Gasteiger partial charge on any atom is -0.315 e. The molecule has 5 heteroatoms. The first-order chi connectivity index (χ1) is 9.03. The highest BCUT2D eigenvalue weighted by molar-refractivity contribution is 6.82. The Bertz CT molecular complexity index is 341. The second kappa shape index (κ2) is 6.73. The number of amides is 1. The SMILES string of the molecule is CN(C(=O)F)C1CCCC([Si](C)(C)CC[Si](C)(C)C)C1. The fourth-order valence-corrected chi connectivity index (χ4v) is 11.2. The lowest BCUT2D eigenvalue weighted by molar-refractivity contribution is 0.152. The molecule has 0 saturated heterocycles. The summed E-state index contributed by atoms with van der Waals surface area (Å²) in [6, 6.07) is 2.93. The van der Waals surface area contributed by atoms with Crippen molar-refractivity contribution in [2.75, 3.05) is 7.05 Å². The Morgan fingerprint density at radius 1 is 1.15 bits per heavy atom. The van der Waals surface area contributed by atoms with E-state index < -0.39 is 22.3 Å². The van der Waals surface area contributed by atoms with Crippen molar-refractivity contribution in [2.24, 2.45) is 0 Å². The number of nitrogens with zero attached hydrogens (tertiary/aromatic N) is 1. The Kier molecular flexibility index (Phi) is 6.02. The van der Waals surface area contributed by atoms with Crippen LogP contribution in [0.5, 0.6) is 0 Å². The predicted molar refractivity (Wildman–Crippen MR) is 90.7 cm³/mol. The van der Waals surface area contributed by atoms with E-state index in [1.54, 1.807) is 7.05 Å². The van der Waals surface area contributed by atoms with Crippen LogP contribution in [0.1, 0.15) is 25.7 Å². The van der Waals surface area contributed by atoms with Gasteiger partial charge < -0.3 is 4.90 Å². The number of rotatable bonds is 5. The molecule has 1 aliphatic rings. The van der Waals surface area contributed by atoms with E-state index in [1.165, 1.54) is 23.4 Å². The summed E-state index contributed by atoms with van der Waals surface area (Å²) in [6.45, 7) is 12.3. The summed E-state index contributed by atoms with van der Waals surface area (Å²) in [4.78, 5) is 12.3. The second-order valence-electron chi connectivity index (χ2n) is 8.43. The molecule has 2 unspecified atom stereocenters. The maximum absolute atomic E-state index is 12.9. The van der Waals surface area contributed by atoms with Crippen LogP contribution in [0, 0.1) is 0 Å². The van der Waals surface area contributed by atoms with Crippen LogP contribution in [0.3, 0.4) is 0 Å². The lowest BCUT2D eigenvalue weighted by Gasteiger charge is -2.41. The van der Waals surface area contributed by atoms with Gasteiger partial charge in [-0.2, -0.15) is 0 Å². The van der Waals surface area contributed by atoms with E-state index in [-0.39, 0.29) is 6.04 Å². The molecule has 0 heterocycles. The number of hydrogen-bond donors (Lipinski definition) is 0. The van der Waals surface area contributed by atoms with Gasteiger partial charge in [-0.05, 0) is 18.4 Å². The summed E-state index contributed by atoms with van der Waals surface area (Å²) < 4.78 is 12.9. The number of carbonyl (C=O) groups is 1. The number of halogens is 1. The van der Waals surface area contributed by atoms with Crippen LogP contribution in [0.25, 0.3) is 0 Å². The van der Waals surface area contributed by atoms with Crippen LogP contribution in [0.2, 0.25) is 50.4 Å². The van der Waals surface area contributed by atoms with Crippen LogP contribution in [-0.4, -0.2) is 40.3 Å². The minimum atomic E-state index is -1.27. The number of hydrogen-bond acceptors (Lipinski definition) is 1. The van der Waals surface area contributed by atoms with Gasteiger partial charge in [0.05, 0.1) is 8.07 Å². The maximum atomic E-state index is 12.9. The van der Waals surface area contributed by atoms with Gasteiger partial charge in [-0.1, -0.05) is 57.7 Å². The smallest absolute Gasteiger partial charge is 0.315 e. The molecule has 118 valence electrons. The lowest BCUT2D eigenvalue weighted by atomic mass is 9.94. The van der Waals surface area contributed by atoms with Crippen molar-refractivity contribution < 1.29 is 9.18 Å². The largest absolute Gasteiger partial charge is 0.400 e. The highest BCUT2D eigenvalue weighted by Gasteiger charge is 2.37. The summed E-state index contributed by atoms with van der Waals surface area (Å²) in [5.74, 6) is 0. The summed E-state index contributed by atoms with van der Waals surface area (Å²) >= 11 is 0. The Balaban J connectivity index is 2.63. The van der Waals surface area contributed by atoms with Gasteiger partial charge in [-0.15, -0.1) is 4.39 Å². The minimum absolute atomic E-state index is 0.130. The molecule has 0 spiro atoms. The van der Waals surface area contributed by atoms with Crippen LogP contribution in [0.4, 0.5) is 9.18 Å². The van der Waals surface area contributed by atoms with Crippen molar-refractivity contribution in [1.82, 2.24) is 4.90 Å².